The van der Waals surface area contributed by atoms with Crippen LogP contribution in [0, 0.1) is 0 Å². The molecule has 0 saturated carbocycles. The van der Waals surface area contributed by atoms with Crippen LogP contribution in [-0.2, 0) is 6.54 Å². The minimum Gasteiger partial charge on any atom is -0.394 e. The molecule has 172 valence electrons. The Hall–Kier alpha value is -2.81. The van der Waals surface area contributed by atoms with Crippen LogP contribution in [-0.4, -0.2) is 59.4 Å². The van der Waals surface area contributed by atoms with Crippen LogP contribution in [0.2, 0.25) is 0 Å². The van der Waals surface area contributed by atoms with E-state index in [1.807, 2.05) is 6.07 Å². The second kappa shape index (κ2) is 12.3. The Morgan fingerprint density at radius 1 is 1.06 bits per heavy atom. The largest absolute Gasteiger partial charge is 0.394 e. The van der Waals surface area contributed by atoms with Gasteiger partial charge in [-0.05, 0) is 55.3 Å². The molecular formula is C24H32N4O4. The van der Waals surface area contributed by atoms with Gasteiger partial charge in [-0.25, -0.2) is 0 Å². The monoisotopic (exact) mass is 440 g/mol. The lowest BCUT2D eigenvalue weighted by Crippen LogP contribution is -2.35. The van der Waals surface area contributed by atoms with E-state index in [4.69, 9.17) is 5.11 Å². The average Bonchev–Trinajstić information content (AvgIpc) is 2.82. The molecule has 1 aromatic carbocycles. The third-order valence-corrected chi connectivity index (χ3v) is 5.56. The number of benzene rings is 1. The summed E-state index contributed by atoms with van der Waals surface area (Å²) in [6.07, 6.45) is 7.57. The van der Waals surface area contributed by atoms with Gasteiger partial charge in [0.25, 0.3) is 11.8 Å². The Kier molecular flexibility index (Phi) is 9.15. The number of carbonyl (C=O) groups excluding carboxylic acids is 2. The van der Waals surface area contributed by atoms with Gasteiger partial charge in [0.2, 0.25) is 0 Å². The zero-order valence-electron chi connectivity index (χ0n) is 18.3. The van der Waals surface area contributed by atoms with Gasteiger partial charge >= 0.3 is 0 Å². The molecule has 0 spiro atoms. The normalized spacial score (nSPS) is 16.2. The minimum atomic E-state index is -1.00. The summed E-state index contributed by atoms with van der Waals surface area (Å²) in [5.74, 6) is -0.424. The predicted molar refractivity (Wildman–Crippen MR) is 123 cm³/mol. The van der Waals surface area contributed by atoms with Crippen LogP contribution in [0.3, 0.4) is 0 Å². The highest BCUT2D eigenvalue weighted by Crippen LogP contribution is 2.25. The highest BCUT2D eigenvalue weighted by atomic mass is 16.3. The molecule has 0 aliphatic carbocycles. The van der Waals surface area contributed by atoms with Crippen molar-refractivity contribution in [1.29, 1.82) is 0 Å². The van der Waals surface area contributed by atoms with Crippen LogP contribution in [0.5, 0.6) is 0 Å². The molecule has 1 atom stereocenters. The van der Waals surface area contributed by atoms with E-state index in [0.717, 1.165) is 49.9 Å². The Labute approximate surface area is 188 Å². The lowest BCUT2D eigenvalue weighted by Gasteiger charge is -2.27. The SMILES string of the molecule is O=C(NCC(O)CO)c1ccc2c(c1)CNCCCCCCCN2C(=O)c1ccncc1. The van der Waals surface area contributed by atoms with Crippen LogP contribution < -0.4 is 15.5 Å². The molecule has 32 heavy (non-hydrogen) atoms. The van der Waals surface area contributed by atoms with Crippen molar-refractivity contribution in [3.05, 3.63) is 59.4 Å². The van der Waals surface area contributed by atoms with Crippen LogP contribution in [0.25, 0.3) is 0 Å². The van der Waals surface area contributed by atoms with E-state index in [9.17, 15) is 14.7 Å². The van der Waals surface area contributed by atoms with Crippen molar-refractivity contribution in [3.63, 3.8) is 0 Å². The number of nitrogens with one attached hydrogen (secondary N) is 2. The molecule has 0 fully saturated rings. The maximum absolute atomic E-state index is 13.4. The zero-order chi connectivity index (χ0) is 22.8. The maximum Gasteiger partial charge on any atom is 0.258 e. The highest BCUT2D eigenvalue weighted by molar-refractivity contribution is 6.06. The third kappa shape index (κ3) is 6.59. The van der Waals surface area contributed by atoms with Gasteiger partial charge in [-0.15, -0.1) is 0 Å². The number of hydrogen-bond acceptors (Lipinski definition) is 6. The molecule has 2 aromatic rings. The fourth-order valence-electron chi connectivity index (χ4n) is 3.76. The fraction of sp³-hybridized carbons (Fsp3) is 0.458. The molecule has 1 aliphatic rings. The van der Waals surface area contributed by atoms with Crippen molar-refractivity contribution in [2.45, 2.75) is 44.8 Å². The van der Waals surface area contributed by atoms with Gasteiger partial charge in [0.05, 0.1) is 12.7 Å². The van der Waals surface area contributed by atoms with E-state index in [1.165, 1.54) is 0 Å². The predicted octanol–water partition coefficient (Wildman–Crippen LogP) is 1.87. The number of hydrogen-bond donors (Lipinski definition) is 4. The number of pyridine rings is 1. The Morgan fingerprint density at radius 2 is 1.81 bits per heavy atom. The number of fused-ring (bicyclic) bond motifs is 1. The first-order valence-electron chi connectivity index (χ1n) is 11.2. The topological polar surface area (TPSA) is 115 Å². The molecule has 1 aliphatic heterocycles. The van der Waals surface area contributed by atoms with Crippen molar-refractivity contribution < 1.29 is 19.8 Å². The maximum atomic E-state index is 13.4. The molecule has 1 unspecified atom stereocenters. The quantitative estimate of drug-likeness (QED) is 0.564. The smallest absolute Gasteiger partial charge is 0.258 e. The van der Waals surface area contributed by atoms with Crippen molar-refractivity contribution in [2.75, 3.05) is 31.1 Å². The van der Waals surface area contributed by atoms with Crippen LogP contribution in [0.15, 0.2) is 42.7 Å². The lowest BCUT2D eigenvalue weighted by atomic mass is 10.0. The van der Waals surface area contributed by atoms with E-state index >= 15 is 0 Å². The van der Waals surface area contributed by atoms with Gasteiger partial charge in [-0.1, -0.05) is 19.3 Å². The molecule has 0 radical (unpaired) electrons. The molecule has 3 rings (SSSR count). The van der Waals surface area contributed by atoms with E-state index in [2.05, 4.69) is 15.6 Å². The fourth-order valence-corrected chi connectivity index (χ4v) is 3.76. The first kappa shape index (κ1) is 23.8. The van der Waals surface area contributed by atoms with Gasteiger partial charge in [-0.2, -0.15) is 0 Å². The summed E-state index contributed by atoms with van der Waals surface area (Å²) in [5.41, 5.74) is 2.67. The second-order valence-electron chi connectivity index (χ2n) is 8.03. The molecule has 8 heteroatoms. The number of rotatable bonds is 5. The zero-order valence-corrected chi connectivity index (χ0v) is 18.3. The van der Waals surface area contributed by atoms with Gasteiger partial charge in [0.1, 0.15) is 0 Å². The van der Waals surface area contributed by atoms with Crippen molar-refractivity contribution in [1.82, 2.24) is 15.6 Å². The summed E-state index contributed by atoms with van der Waals surface area (Å²) < 4.78 is 0. The summed E-state index contributed by atoms with van der Waals surface area (Å²) in [5, 5.41) is 24.5. The summed E-state index contributed by atoms with van der Waals surface area (Å²) in [6, 6.07) is 8.73. The third-order valence-electron chi connectivity index (χ3n) is 5.56. The lowest BCUT2D eigenvalue weighted by molar-refractivity contribution is 0.0802. The Balaban J connectivity index is 1.91. The summed E-state index contributed by atoms with van der Waals surface area (Å²) >= 11 is 0. The summed E-state index contributed by atoms with van der Waals surface area (Å²) in [4.78, 5) is 31.7. The van der Waals surface area contributed by atoms with Crippen LogP contribution >= 0.6 is 0 Å². The molecule has 2 heterocycles. The molecule has 2 amide bonds. The average molecular weight is 441 g/mol. The number of aliphatic hydroxyl groups excluding tert-OH is 2. The number of anilines is 1. The number of aliphatic hydroxyl groups is 2. The summed E-state index contributed by atoms with van der Waals surface area (Å²) in [6.45, 7) is 1.56. The van der Waals surface area contributed by atoms with Crippen LogP contribution in [0.4, 0.5) is 5.69 Å². The van der Waals surface area contributed by atoms with Crippen LogP contribution in [0.1, 0.15) is 58.4 Å². The minimum absolute atomic E-state index is 0.0304. The van der Waals surface area contributed by atoms with Crippen molar-refractivity contribution in [2.24, 2.45) is 0 Å². The molecule has 1 aromatic heterocycles. The molecular weight excluding hydrogens is 408 g/mol. The van der Waals surface area contributed by atoms with Gasteiger partial charge in [0.15, 0.2) is 0 Å². The highest BCUT2D eigenvalue weighted by Gasteiger charge is 2.22. The molecule has 4 N–H and O–H groups in total. The molecule has 8 nitrogen and oxygen atoms in total. The van der Waals surface area contributed by atoms with Gasteiger partial charge < -0.3 is 25.7 Å². The Bertz CT molecular complexity index is 891. The van der Waals surface area contributed by atoms with Gasteiger partial charge in [0, 0.05) is 48.8 Å². The Morgan fingerprint density at radius 3 is 2.59 bits per heavy atom. The van der Waals surface area contributed by atoms with E-state index < -0.39 is 12.7 Å². The summed E-state index contributed by atoms with van der Waals surface area (Å²) in [7, 11) is 0. The number of amides is 2. The van der Waals surface area contributed by atoms with E-state index in [1.54, 1.807) is 41.6 Å². The number of nitrogens with zero attached hydrogens (tertiary/aromatic N) is 2. The standard InChI is InChI=1S/C24H32N4O4/c29-17-21(30)16-27-23(31)19-6-7-22-20(14-19)15-26-10-4-2-1-3-5-13-28(22)24(32)18-8-11-25-12-9-18/h6-9,11-12,14,21,26,29-30H,1-5,10,13,15-17H2,(H,27,31). The first-order valence-corrected chi connectivity index (χ1v) is 11.2. The van der Waals surface area contributed by atoms with Crippen molar-refractivity contribution >= 4 is 17.5 Å². The van der Waals surface area contributed by atoms with Crippen molar-refractivity contribution in [3.8, 4) is 0 Å². The number of carbonyl (C=O) groups is 2. The first-order chi connectivity index (χ1) is 15.6. The van der Waals surface area contributed by atoms with E-state index in [0.29, 0.717) is 24.2 Å². The second-order valence-corrected chi connectivity index (χ2v) is 8.03. The molecule has 0 bridgehead atoms. The van der Waals surface area contributed by atoms with E-state index in [-0.39, 0.29) is 18.4 Å². The number of aromatic nitrogens is 1. The van der Waals surface area contributed by atoms with Gasteiger partial charge in [-0.3, -0.25) is 14.6 Å². The molecule has 0 saturated heterocycles.